The molecular formula is C6H7LiN2O3S. The van der Waals surface area contributed by atoms with Crippen LogP contribution in [-0.4, -0.2) is 13.0 Å². The van der Waals surface area contributed by atoms with Crippen LogP contribution >= 0.6 is 0 Å². The minimum absolute atomic E-state index is 0. The maximum atomic E-state index is 10.1. The van der Waals surface area contributed by atoms with E-state index in [1.165, 1.54) is 0 Å². The van der Waals surface area contributed by atoms with Gasteiger partial charge in [-0.3, -0.25) is 0 Å². The van der Waals surface area contributed by atoms with Crippen LogP contribution in [0.3, 0.4) is 0 Å². The fraction of sp³-hybridized carbons (Fsp3) is 0. The Morgan fingerprint density at radius 1 is 1.15 bits per heavy atom. The Kier molecular flexibility index (Phi) is 5.06. The Labute approximate surface area is 88.6 Å². The van der Waals surface area contributed by atoms with Crippen LogP contribution in [-0.2, 0) is 10.3 Å². The summed E-state index contributed by atoms with van der Waals surface area (Å²) in [7, 11) is -4.43. The number of anilines is 1. The normalized spacial score (nSPS) is 10.2. The number of nitrogens with one attached hydrogen (secondary N) is 2. The molecule has 0 aliphatic heterocycles. The molecule has 0 saturated heterocycles. The van der Waals surface area contributed by atoms with Gasteiger partial charge >= 0.3 is 18.9 Å². The van der Waals surface area contributed by atoms with Crippen LogP contribution in [0.15, 0.2) is 30.3 Å². The summed E-state index contributed by atoms with van der Waals surface area (Å²) in [5.74, 6) is 0. The molecule has 1 aromatic carbocycles. The average Bonchev–Trinajstić information content (AvgIpc) is 2.02. The van der Waals surface area contributed by atoms with Crippen molar-refractivity contribution in [3.05, 3.63) is 30.3 Å². The van der Waals surface area contributed by atoms with E-state index < -0.39 is 10.3 Å². The monoisotopic (exact) mass is 194 g/mol. The summed E-state index contributed by atoms with van der Waals surface area (Å²) in [6.07, 6.45) is 0. The first-order valence-corrected chi connectivity index (χ1v) is 4.52. The van der Waals surface area contributed by atoms with Crippen molar-refractivity contribution in [1.29, 1.82) is 0 Å². The van der Waals surface area contributed by atoms with E-state index in [9.17, 15) is 13.0 Å². The summed E-state index contributed by atoms with van der Waals surface area (Å²) in [6, 6.07) is 8.44. The van der Waals surface area contributed by atoms with Crippen LogP contribution < -0.4 is 29.1 Å². The Balaban J connectivity index is 0.00000144. The third-order valence-electron chi connectivity index (χ3n) is 1.09. The molecule has 0 saturated carbocycles. The summed E-state index contributed by atoms with van der Waals surface area (Å²) in [5.41, 5.74) is 2.75. The molecule has 0 radical (unpaired) electrons. The molecular weight excluding hydrogens is 187 g/mol. The first-order chi connectivity index (χ1) is 5.58. The standard InChI is InChI=1S/C6H8N2O3S.Li/c9-12(10,11)8-7-6-4-2-1-3-5-6;/h1-5,7-8H,(H,9,10,11);/q;+1/p-1. The average molecular weight is 194 g/mol. The number of benzene rings is 1. The van der Waals surface area contributed by atoms with Crippen LogP contribution in [0.25, 0.3) is 0 Å². The van der Waals surface area contributed by atoms with Crippen molar-refractivity contribution in [3.63, 3.8) is 0 Å². The van der Waals surface area contributed by atoms with Crippen molar-refractivity contribution in [2.45, 2.75) is 0 Å². The molecule has 0 unspecified atom stereocenters. The Hall–Kier alpha value is -0.513. The Morgan fingerprint density at radius 3 is 2.15 bits per heavy atom. The topological polar surface area (TPSA) is 81.3 Å². The molecule has 5 nitrogen and oxygen atoms in total. The molecule has 0 spiro atoms. The molecule has 0 heterocycles. The predicted molar refractivity (Wildman–Crippen MR) is 42.9 cm³/mol. The van der Waals surface area contributed by atoms with Crippen molar-refractivity contribution < 1.29 is 31.8 Å². The number of hydrazine groups is 1. The SMILES string of the molecule is O=S(=O)([O-])NNc1ccccc1.[Li+]. The minimum atomic E-state index is -4.43. The summed E-state index contributed by atoms with van der Waals surface area (Å²) in [5, 5.41) is 0. The molecule has 0 bridgehead atoms. The maximum absolute atomic E-state index is 10.1. The zero-order chi connectivity index (χ0) is 9.03. The second-order valence-corrected chi connectivity index (χ2v) is 3.16. The van der Waals surface area contributed by atoms with Crippen LogP contribution in [0.2, 0.25) is 0 Å². The second kappa shape index (κ2) is 5.27. The van der Waals surface area contributed by atoms with Gasteiger partial charge in [-0.1, -0.05) is 18.2 Å². The molecule has 0 aromatic heterocycles. The van der Waals surface area contributed by atoms with Crippen LogP contribution in [0.4, 0.5) is 5.69 Å². The molecule has 66 valence electrons. The molecule has 0 aliphatic rings. The smallest absolute Gasteiger partial charge is 0.734 e. The third kappa shape index (κ3) is 5.68. The molecule has 1 aromatic rings. The number of hydrogen-bond donors (Lipinski definition) is 2. The quantitative estimate of drug-likeness (QED) is 0.306. The molecule has 13 heavy (non-hydrogen) atoms. The molecule has 0 atom stereocenters. The van der Waals surface area contributed by atoms with Gasteiger partial charge in [0.1, 0.15) is 0 Å². The van der Waals surface area contributed by atoms with Crippen molar-refractivity contribution in [1.82, 2.24) is 4.83 Å². The second-order valence-electron chi connectivity index (χ2n) is 2.05. The maximum Gasteiger partial charge on any atom is 1.00 e. The van der Waals surface area contributed by atoms with E-state index in [0.29, 0.717) is 5.69 Å². The third-order valence-corrected chi connectivity index (χ3v) is 1.45. The van der Waals surface area contributed by atoms with E-state index in [2.05, 4.69) is 5.43 Å². The van der Waals surface area contributed by atoms with E-state index in [1.54, 1.807) is 35.2 Å². The van der Waals surface area contributed by atoms with Gasteiger partial charge in [-0.2, -0.15) is 0 Å². The van der Waals surface area contributed by atoms with E-state index in [4.69, 9.17) is 0 Å². The van der Waals surface area contributed by atoms with Gasteiger partial charge in [-0.05, 0) is 12.1 Å². The predicted octanol–water partition coefficient (Wildman–Crippen LogP) is -2.93. The van der Waals surface area contributed by atoms with Gasteiger partial charge in [0.25, 0.3) is 0 Å². The molecule has 0 fully saturated rings. The van der Waals surface area contributed by atoms with Gasteiger partial charge in [0.05, 0.1) is 0 Å². The fourth-order valence-corrected chi connectivity index (χ4v) is 0.886. The summed E-state index contributed by atoms with van der Waals surface area (Å²) in [4.78, 5) is 1.60. The largest absolute Gasteiger partial charge is 1.00 e. The zero-order valence-corrected chi connectivity index (χ0v) is 7.84. The van der Waals surface area contributed by atoms with Gasteiger partial charge in [0, 0.05) is 5.69 Å². The van der Waals surface area contributed by atoms with E-state index in [1.807, 2.05) is 0 Å². The molecule has 2 N–H and O–H groups in total. The van der Waals surface area contributed by atoms with Gasteiger partial charge in [0.15, 0.2) is 10.3 Å². The first kappa shape index (κ1) is 12.5. The van der Waals surface area contributed by atoms with Crippen LogP contribution in [0.1, 0.15) is 0 Å². The molecule has 1 rings (SSSR count). The summed E-state index contributed by atoms with van der Waals surface area (Å²) < 4.78 is 30.2. The number of rotatable bonds is 3. The molecule has 0 aliphatic carbocycles. The fourth-order valence-electron chi connectivity index (χ4n) is 0.643. The Bertz CT molecular complexity index is 340. The van der Waals surface area contributed by atoms with Crippen molar-refractivity contribution in [2.75, 3.05) is 5.43 Å². The van der Waals surface area contributed by atoms with Gasteiger partial charge in [-0.15, -0.1) is 4.83 Å². The Morgan fingerprint density at radius 2 is 1.69 bits per heavy atom. The summed E-state index contributed by atoms with van der Waals surface area (Å²) >= 11 is 0. The van der Waals surface area contributed by atoms with Crippen molar-refractivity contribution in [3.8, 4) is 0 Å². The van der Waals surface area contributed by atoms with E-state index in [-0.39, 0.29) is 18.9 Å². The van der Waals surface area contributed by atoms with E-state index in [0.717, 1.165) is 0 Å². The minimum Gasteiger partial charge on any atom is -0.734 e. The van der Waals surface area contributed by atoms with E-state index >= 15 is 0 Å². The van der Waals surface area contributed by atoms with Gasteiger partial charge in [-0.25, -0.2) is 8.42 Å². The van der Waals surface area contributed by atoms with Crippen LogP contribution in [0, 0.1) is 0 Å². The van der Waals surface area contributed by atoms with Crippen LogP contribution in [0.5, 0.6) is 0 Å². The molecule has 0 amide bonds. The molecule has 7 heteroatoms. The van der Waals surface area contributed by atoms with Gasteiger partial charge < -0.3 is 9.98 Å². The van der Waals surface area contributed by atoms with Crippen molar-refractivity contribution >= 4 is 16.0 Å². The zero-order valence-electron chi connectivity index (χ0n) is 7.02. The summed E-state index contributed by atoms with van der Waals surface area (Å²) in [6.45, 7) is 0. The first-order valence-electron chi connectivity index (χ1n) is 3.11. The van der Waals surface area contributed by atoms with Gasteiger partial charge in [0.2, 0.25) is 0 Å². The number of hydrogen-bond acceptors (Lipinski definition) is 4. The number of para-hydroxylation sites is 1. The van der Waals surface area contributed by atoms with Crippen molar-refractivity contribution in [2.24, 2.45) is 0 Å².